The monoisotopic (exact) mass is 261 g/mol. The summed E-state index contributed by atoms with van der Waals surface area (Å²) < 4.78 is 1.21. The van der Waals surface area contributed by atoms with Crippen LogP contribution in [0.3, 0.4) is 0 Å². The van der Waals surface area contributed by atoms with E-state index in [2.05, 4.69) is 27.8 Å². The van der Waals surface area contributed by atoms with Crippen LogP contribution in [0, 0.1) is 0 Å². The number of hydrogen-bond acceptors (Lipinski definition) is 4. The van der Waals surface area contributed by atoms with Crippen molar-refractivity contribution in [3.8, 4) is 0 Å². The highest BCUT2D eigenvalue weighted by Gasteiger charge is 2.10. The number of quaternary nitrogens is 1. The van der Waals surface area contributed by atoms with Crippen molar-refractivity contribution in [1.29, 1.82) is 0 Å². The number of hydrogen-bond donors (Lipinski definition) is 0. The van der Waals surface area contributed by atoms with Crippen molar-refractivity contribution in [3.63, 3.8) is 0 Å². The number of carboxylic acid groups (broad SMARTS) is 2. The first-order chi connectivity index (χ1) is 8.31. The number of carboxylic acids is 2. The number of aliphatic carboxylic acids is 2. The minimum Gasteiger partial charge on any atom is -0.550 e. The van der Waals surface area contributed by atoms with Gasteiger partial charge < -0.3 is 24.3 Å². The van der Waals surface area contributed by atoms with Gasteiger partial charge in [0, 0.05) is 11.9 Å². The number of carbonyl (C=O) groups excluding carboxylic acids is 2. The zero-order chi connectivity index (χ0) is 14.6. The van der Waals surface area contributed by atoms with Gasteiger partial charge in [0.15, 0.2) is 0 Å². The molecule has 108 valence electrons. The summed E-state index contributed by atoms with van der Waals surface area (Å²) in [4.78, 5) is 19.5. The Bertz CT molecular complexity index is 219. The van der Waals surface area contributed by atoms with Gasteiger partial charge in [-0.3, -0.25) is 0 Å². The fourth-order valence-corrected chi connectivity index (χ4v) is 1.21. The molecule has 0 aromatic heterocycles. The molecule has 0 aliphatic rings. The Hall–Kier alpha value is -1.10. The third kappa shape index (κ3) is 13.0. The van der Waals surface area contributed by atoms with Gasteiger partial charge in [-0.25, -0.2) is 0 Å². The first-order valence-electron chi connectivity index (χ1n) is 6.54. The minimum absolute atomic E-state index is 0. The minimum atomic E-state index is -1.14. The van der Waals surface area contributed by atoms with Crippen LogP contribution in [0.2, 0.25) is 0 Å². The molecule has 0 radical (unpaired) electrons. The molecule has 0 heterocycles. The largest absolute Gasteiger partial charge is 1.00 e. The lowest BCUT2D eigenvalue weighted by atomic mass is 10.2. The smallest absolute Gasteiger partial charge is 0.550 e. The van der Waals surface area contributed by atoms with Crippen LogP contribution in [0.4, 0.5) is 0 Å². The standard InChI is InChI=1S/C7H18N.C6H10O4/c1-5-8(4,6-2)7-3;7-5(8)3-1-2-4-6(9)10/h5-7H2,1-4H3;1-4H2,(H,7,8)(H,9,10)/q+1;/p-1. The predicted molar refractivity (Wildman–Crippen MR) is 67.4 cm³/mol. The summed E-state index contributed by atoms with van der Waals surface area (Å²) >= 11 is 0. The molecule has 0 aliphatic heterocycles. The third-order valence-electron chi connectivity index (χ3n) is 3.30. The van der Waals surface area contributed by atoms with Crippen LogP contribution in [-0.4, -0.2) is 43.1 Å². The summed E-state index contributed by atoms with van der Waals surface area (Å²) in [6.07, 6.45) is 0.535. The lowest BCUT2D eigenvalue weighted by Gasteiger charge is -2.30. The molecule has 5 nitrogen and oxygen atoms in total. The molecule has 0 atom stereocenters. The Labute approximate surface area is 111 Å². The van der Waals surface area contributed by atoms with Gasteiger partial charge in [-0.2, -0.15) is 0 Å². The molecule has 0 amide bonds. The van der Waals surface area contributed by atoms with E-state index in [1.54, 1.807) is 0 Å². The number of nitrogens with zero attached hydrogens (tertiary/aromatic N) is 1. The van der Waals surface area contributed by atoms with E-state index >= 15 is 0 Å². The van der Waals surface area contributed by atoms with Gasteiger partial charge >= 0.3 is 1.43 Å². The fourth-order valence-electron chi connectivity index (χ4n) is 1.21. The van der Waals surface area contributed by atoms with Crippen LogP contribution in [0.5, 0.6) is 0 Å². The summed E-state index contributed by atoms with van der Waals surface area (Å²) in [5.41, 5.74) is 0. The molecule has 0 aromatic carbocycles. The number of carbonyl (C=O) groups is 2. The second-order valence-electron chi connectivity index (χ2n) is 4.52. The molecule has 0 N–H and O–H groups in total. The molecule has 0 saturated carbocycles. The molecule has 0 aromatic rings. The van der Waals surface area contributed by atoms with E-state index in [-0.39, 0.29) is 14.3 Å². The predicted octanol–water partition coefficient (Wildman–Crippen LogP) is -0.348. The van der Waals surface area contributed by atoms with E-state index in [1.807, 2.05) is 0 Å². The zero-order valence-corrected chi connectivity index (χ0v) is 12.0. The molecule has 0 saturated heterocycles. The van der Waals surface area contributed by atoms with E-state index in [0.29, 0.717) is 12.8 Å². The Kier molecular flexibility index (Phi) is 11.8. The van der Waals surface area contributed by atoms with E-state index in [4.69, 9.17) is 0 Å². The highest BCUT2D eigenvalue weighted by molar-refractivity contribution is 5.65. The van der Waals surface area contributed by atoms with Crippen LogP contribution in [-0.2, 0) is 9.59 Å². The molecule has 0 unspecified atom stereocenters. The normalized spacial score (nSPS) is 10.4. The molecule has 0 rings (SSSR count). The maximum Gasteiger partial charge on any atom is 1.00 e. The van der Waals surface area contributed by atoms with Gasteiger partial charge in [0.1, 0.15) is 0 Å². The van der Waals surface area contributed by atoms with Crippen molar-refractivity contribution >= 4 is 11.9 Å². The summed E-state index contributed by atoms with van der Waals surface area (Å²) in [6.45, 7) is 10.5. The third-order valence-corrected chi connectivity index (χ3v) is 3.30. The summed E-state index contributed by atoms with van der Waals surface area (Å²) in [5, 5.41) is 19.5. The molecule has 0 aliphatic carbocycles. The molecule has 5 heteroatoms. The summed E-state index contributed by atoms with van der Waals surface area (Å²) in [6, 6.07) is 0. The van der Waals surface area contributed by atoms with E-state index in [1.165, 1.54) is 24.1 Å². The van der Waals surface area contributed by atoms with Crippen molar-refractivity contribution in [2.75, 3.05) is 26.7 Å². The van der Waals surface area contributed by atoms with Gasteiger partial charge in [-0.15, -0.1) is 0 Å². The first-order valence-corrected chi connectivity index (χ1v) is 6.54. The van der Waals surface area contributed by atoms with E-state index < -0.39 is 11.9 Å². The quantitative estimate of drug-likeness (QED) is 0.442. The number of unbranched alkanes of at least 4 members (excludes halogenated alkanes) is 1. The van der Waals surface area contributed by atoms with Crippen LogP contribution in [0.15, 0.2) is 0 Å². The van der Waals surface area contributed by atoms with Crippen LogP contribution in [0.1, 0.15) is 47.9 Å². The lowest BCUT2D eigenvalue weighted by Crippen LogP contribution is -2.42. The average Bonchev–Trinajstić information content (AvgIpc) is 2.34. The second-order valence-corrected chi connectivity index (χ2v) is 4.52. The van der Waals surface area contributed by atoms with E-state index in [9.17, 15) is 19.8 Å². The van der Waals surface area contributed by atoms with Crippen molar-refractivity contribution in [2.45, 2.75) is 46.5 Å². The van der Waals surface area contributed by atoms with Crippen LogP contribution >= 0.6 is 0 Å². The highest BCUT2D eigenvalue weighted by Crippen LogP contribution is 1.98. The van der Waals surface area contributed by atoms with Crippen molar-refractivity contribution in [3.05, 3.63) is 0 Å². The molecular formula is C13H27NO4. The van der Waals surface area contributed by atoms with Crippen LogP contribution in [0.25, 0.3) is 0 Å². The molecular weight excluding hydrogens is 234 g/mol. The van der Waals surface area contributed by atoms with Gasteiger partial charge in [-0.05, 0) is 46.5 Å². The number of rotatable bonds is 8. The topological polar surface area (TPSA) is 80.3 Å². The maximum atomic E-state index is 9.77. The zero-order valence-electron chi connectivity index (χ0n) is 13.0. The van der Waals surface area contributed by atoms with Crippen molar-refractivity contribution < 1.29 is 25.7 Å². The Morgan fingerprint density at radius 1 is 0.889 bits per heavy atom. The molecule has 18 heavy (non-hydrogen) atoms. The van der Waals surface area contributed by atoms with Crippen LogP contribution < -0.4 is 10.2 Å². The summed E-state index contributed by atoms with van der Waals surface area (Å²) in [7, 11) is 2.29. The molecule has 0 spiro atoms. The Balaban J connectivity index is -0.000000262. The average molecular weight is 261 g/mol. The van der Waals surface area contributed by atoms with Gasteiger partial charge in [0.25, 0.3) is 0 Å². The van der Waals surface area contributed by atoms with Crippen molar-refractivity contribution in [2.24, 2.45) is 0 Å². The van der Waals surface area contributed by atoms with Gasteiger partial charge in [0.05, 0.1) is 26.7 Å². The fraction of sp³-hybridized carbons (Fsp3) is 0.846. The van der Waals surface area contributed by atoms with Gasteiger partial charge in [0.2, 0.25) is 0 Å². The molecule has 0 fully saturated rings. The first kappa shape index (κ1) is 19.2. The van der Waals surface area contributed by atoms with E-state index in [0.717, 1.165) is 0 Å². The second kappa shape index (κ2) is 11.0. The molecule has 0 bridgehead atoms. The summed E-state index contributed by atoms with van der Waals surface area (Å²) in [5.74, 6) is -2.28. The maximum absolute atomic E-state index is 9.77. The Morgan fingerprint density at radius 2 is 1.17 bits per heavy atom. The SMILES string of the molecule is CC[N+](C)(CC)CC.O=C([O-])CCCCC(=O)[O-].[H+]. The van der Waals surface area contributed by atoms with Gasteiger partial charge in [-0.1, -0.05) is 0 Å². The highest BCUT2D eigenvalue weighted by atomic mass is 16.4. The lowest BCUT2D eigenvalue weighted by molar-refractivity contribution is -0.904. The Morgan fingerprint density at radius 3 is 1.28 bits per heavy atom. The van der Waals surface area contributed by atoms with Crippen molar-refractivity contribution in [1.82, 2.24) is 0 Å².